The molecule has 190 valence electrons. The van der Waals surface area contributed by atoms with E-state index < -0.39 is 0 Å². The molecule has 0 bridgehead atoms. The fourth-order valence-corrected chi connectivity index (χ4v) is 4.50. The smallest absolute Gasteiger partial charge is 0.254 e. The first-order valence-corrected chi connectivity index (χ1v) is 12.4. The van der Waals surface area contributed by atoms with Gasteiger partial charge in [-0.05, 0) is 49.9 Å². The Balaban J connectivity index is 1.27. The molecule has 0 spiro atoms. The number of rotatable bonds is 7. The van der Waals surface area contributed by atoms with Crippen LogP contribution in [0.2, 0.25) is 0 Å². The Hall–Kier alpha value is -3.80. The molecule has 1 saturated carbocycles. The van der Waals surface area contributed by atoms with Crippen molar-refractivity contribution in [2.45, 2.75) is 31.7 Å². The number of benzene rings is 1. The highest BCUT2D eigenvalue weighted by Gasteiger charge is 2.35. The molecule has 3 aliphatic rings. The van der Waals surface area contributed by atoms with E-state index in [1.54, 1.807) is 29.2 Å². The normalized spacial score (nSPS) is 20.1. The van der Waals surface area contributed by atoms with E-state index >= 15 is 0 Å². The van der Waals surface area contributed by atoms with Gasteiger partial charge in [-0.15, -0.1) is 10.2 Å². The Labute approximate surface area is 209 Å². The minimum Gasteiger partial charge on any atom is -0.382 e. The third-order valence-corrected chi connectivity index (χ3v) is 6.63. The number of anilines is 3. The van der Waals surface area contributed by atoms with Crippen LogP contribution in [0.1, 0.15) is 41.7 Å². The minimum absolute atomic E-state index is 0.0183. The van der Waals surface area contributed by atoms with Gasteiger partial charge in [-0.25, -0.2) is 0 Å². The number of amides is 2. The zero-order valence-electron chi connectivity index (χ0n) is 20.1. The van der Waals surface area contributed by atoms with E-state index in [9.17, 15) is 9.59 Å². The zero-order chi connectivity index (χ0) is 25.1. The summed E-state index contributed by atoms with van der Waals surface area (Å²) >= 11 is 0. The number of nitrogens with two attached hydrogens (primary N) is 1. The standard InChI is InChI=1S/C24H31N9O3/c25-20(26)19-21(27-17-7-5-16(6-8-17)22(34)32-10-12-36-13-11-32)29-24(31-30-19)28-18-2-1-9-33(14-18)23(35)15-3-4-15/h5-8,15,18H,1-4,9-14H2,(H3,25,26)(H2,27,28,29,31)/t18-/m1/s1. The van der Waals surface area contributed by atoms with Crippen LogP contribution < -0.4 is 16.4 Å². The molecule has 0 unspecified atom stereocenters. The average Bonchev–Trinajstić information content (AvgIpc) is 3.75. The van der Waals surface area contributed by atoms with Crippen molar-refractivity contribution in [1.82, 2.24) is 25.0 Å². The molecule has 1 atom stereocenters. The molecular weight excluding hydrogens is 462 g/mol. The van der Waals surface area contributed by atoms with E-state index in [4.69, 9.17) is 15.9 Å². The van der Waals surface area contributed by atoms with Crippen molar-refractivity contribution in [2.75, 3.05) is 50.0 Å². The summed E-state index contributed by atoms with van der Waals surface area (Å²) in [5.41, 5.74) is 7.09. The molecule has 0 radical (unpaired) electrons. The van der Waals surface area contributed by atoms with Crippen LogP contribution in [0.15, 0.2) is 24.3 Å². The van der Waals surface area contributed by atoms with Gasteiger partial charge in [0.15, 0.2) is 11.5 Å². The molecule has 2 saturated heterocycles. The number of ether oxygens (including phenoxy) is 1. The lowest BCUT2D eigenvalue weighted by molar-refractivity contribution is -0.133. The Morgan fingerprint density at radius 3 is 2.47 bits per heavy atom. The fraction of sp³-hybridized carbons (Fsp3) is 0.500. The Kier molecular flexibility index (Phi) is 6.94. The summed E-state index contributed by atoms with van der Waals surface area (Å²) in [6, 6.07) is 7.05. The minimum atomic E-state index is -0.262. The highest BCUT2D eigenvalue weighted by molar-refractivity contribution is 5.98. The SMILES string of the molecule is N=C(N)c1nnc(N[C@@H]2CCCN(C(=O)C3CC3)C2)nc1Nc1ccc(C(=O)N2CCOCC2)cc1. The number of hydrogen-bond donors (Lipinski definition) is 4. The second-order valence-electron chi connectivity index (χ2n) is 9.40. The number of carbonyl (C=O) groups is 2. The molecule has 2 aromatic rings. The number of piperidine rings is 1. The Bertz CT molecular complexity index is 1130. The number of aromatic nitrogens is 3. The summed E-state index contributed by atoms with van der Waals surface area (Å²) < 4.78 is 5.31. The fourth-order valence-electron chi connectivity index (χ4n) is 4.50. The predicted molar refractivity (Wildman–Crippen MR) is 133 cm³/mol. The molecule has 5 rings (SSSR count). The van der Waals surface area contributed by atoms with Crippen molar-refractivity contribution in [1.29, 1.82) is 5.41 Å². The van der Waals surface area contributed by atoms with E-state index in [2.05, 4.69) is 25.8 Å². The number of likely N-dealkylation sites (tertiary alicyclic amines) is 1. The second kappa shape index (κ2) is 10.4. The lowest BCUT2D eigenvalue weighted by Gasteiger charge is -2.33. The van der Waals surface area contributed by atoms with E-state index in [-0.39, 0.29) is 41.1 Å². The van der Waals surface area contributed by atoms with Gasteiger partial charge in [0, 0.05) is 49.4 Å². The summed E-state index contributed by atoms with van der Waals surface area (Å²) in [4.78, 5) is 33.4. The number of carbonyl (C=O) groups excluding carboxylic acids is 2. The molecule has 36 heavy (non-hydrogen) atoms. The van der Waals surface area contributed by atoms with Gasteiger partial charge < -0.3 is 30.9 Å². The molecule has 2 aliphatic heterocycles. The first-order chi connectivity index (χ1) is 17.5. The summed E-state index contributed by atoms with van der Waals surface area (Å²) in [5.74, 6) is 0.725. The quantitative estimate of drug-likeness (QED) is 0.328. The zero-order valence-corrected chi connectivity index (χ0v) is 20.1. The molecule has 3 fully saturated rings. The van der Waals surface area contributed by atoms with Gasteiger partial charge in [-0.1, -0.05) is 0 Å². The second-order valence-corrected chi connectivity index (χ2v) is 9.40. The van der Waals surface area contributed by atoms with E-state index in [1.807, 2.05) is 4.90 Å². The number of hydrogen-bond acceptors (Lipinski definition) is 9. The first-order valence-electron chi connectivity index (χ1n) is 12.4. The van der Waals surface area contributed by atoms with Crippen LogP contribution in [0.3, 0.4) is 0 Å². The first kappa shape index (κ1) is 23.9. The summed E-state index contributed by atoms with van der Waals surface area (Å²) in [6.45, 7) is 3.65. The molecular formula is C24H31N9O3. The third-order valence-electron chi connectivity index (χ3n) is 6.63. The highest BCUT2D eigenvalue weighted by atomic mass is 16.5. The van der Waals surface area contributed by atoms with Crippen LogP contribution in [0.5, 0.6) is 0 Å². The van der Waals surface area contributed by atoms with Crippen molar-refractivity contribution in [3.8, 4) is 0 Å². The van der Waals surface area contributed by atoms with Gasteiger partial charge in [0.1, 0.15) is 5.84 Å². The Morgan fingerprint density at radius 2 is 1.78 bits per heavy atom. The monoisotopic (exact) mass is 493 g/mol. The number of amidine groups is 1. The van der Waals surface area contributed by atoms with Crippen LogP contribution >= 0.6 is 0 Å². The van der Waals surface area contributed by atoms with E-state index in [0.29, 0.717) is 50.0 Å². The van der Waals surface area contributed by atoms with Crippen LogP contribution in [-0.4, -0.2) is 88.1 Å². The van der Waals surface area contributed by atoms with Crippen molar-refractivity contribution < 1.29 is 14.3 Å². The molecule has 5 N–H and O–H groups in total. The maximum absolute atomic E-state index is 12.7. The lowest BCUT2D eigenvalue weighted by Crippen LogP contribution is -2.46. The van der Waals surface area contributed by atoms with Crippen LogP contribution in [0.4, 0.5) is 17.5 Å². The average molecular weight is 494 g/mol. The maximum Gasteiger partial charge on any atom is 0.254 e. The molecule has 1 aliphatic carbocycles. The number of morpholine rings is 1. The van der Waals surface area contributed by atoms with Crippen molar-refractivity contribution in [2.24, 2.45) is 11.7 Å². The molecule has 1 aromatic heterocycles. The van der Waals surface area contributed by atoms with Gasteiger partial charge >= 0.3 is 0 Å². The van der Waals surface area contributed by atoms with Crippen LogP contribution in [0.25, 0.3) is 0 Å². The lowest BCUT2D eigenvalue weighted by atomic mass is 10.1. The largest absolute Gasteiger partial charge is 0.382 e. The summed E-state index contributed by atoms with van der Waals surface area (Å²) in [7, 11) is 0. The maximum atomic E-state index is 12.7. The third kappa shape index (κ3) is 5.54. The number of nitrogens with zero attached hydrogens (tertiary/aromatic N) is 5. The van der Waals surface area contributed by atoms with Gasteiger partial charge in [-0.2, -0.15) is 4.98 Å². The highest BCUT2D eigenvalue weighted by Crippen LogP contribution is 2.32. The van der Waals surface area contributed by atoms with Crippen LogP contribution in [0, 0.1) is 11.3 Å². The molecule has 1 aromatic carbocycles. The Morgan fingerprint density at radius 1 is 1.03 bits per heavy atom. The predicted octanol–water partition coefficient (Wildman–Crippen LogP) is 1.18. The van der Waals surface area contributed by atoms with Gasteiger partial charge in [0.2, 0.25) is 11.9 Å². The van der Waals surface area contributed by atoms with Crippen LogP contribution in [-0.2, 0) is 9.53 Å². The van der Waals surface area contributed by atoms with Gasteiger partial charge in [-0.3, -0.25) is 15.0 Å². The molecule has 12 heteroatoms. The summed E-state index contributed by atoms with van der Waals surface area (Å²) in [5, 5.41) is 22.5. The van der Waals surface area contributed by atoms with Crippen molar-refractivity contribution in [3.05, 3.63) is 35.5 Å². The topological polar surface area (TPSA) is 162 Å². The van der Waals surface area contributed by atoms with Crippen molar-refractivity contribution >= 4 is 35.1 Å². The van der Waals surface area contributed by atoms with Gasteiger partial charge in [0.05, 0.1) is 13.2 Å². The molecule has 12 nitrogen and oxygen atoms in total. The number of nitrogens with one attached hydrogen (secondary N) is 3. The summed E-state index contributed by atoms with van der Waals surface area (Å²) in [6.07, 6.45) is 3.79. The van der Waals surface area contributed by atoms with E-state index in [0.717, 1.165) is 32.2 Å². The van der Waals surface area contributed by atoms with Gasteiger partial charge in [0.25, 0.3) is 5.91 Å². The van der Waals surface area contributed by atoms with E-state index in [1.165, 1.54) is 0 Å². The molecule has 2 amide bonds. The van der Waals surface area contributed by atoms with Crippen molar-refractivity contribution in [3.63, 3.8) is 0 Å². The molecule has 3 heterocycles. The number of nitrogen functional groups attached to an aromatic ring is 1.